The van der Waals surface area contributed by atoms with Gasteiger partial charge >= 0.3 is 0 Å². The first-order valence-electron chi connectivity index (χ1n) is 6.50. The molecule has 2 heteroatoms. The SMILES string of the molecule is C[C@H](O)CN(C)CCc1cccc2ccccc12. The van der Waals surface area contributed by atoms with Crippen molar-refractivity contribution in [2.75, 3.05) is 20.1 Å². The lowest BCUT2D eigenvalue weighted by Gasteiger charge is -2.18. The molecule has 2 aromatic carbocycles. The summed E-state index contributed by atoms with van der Waals surface area (Å²) in [6.07, 6.45) is 0.757. The first kappa shape index (κ1) is 13.1. The largest absolute Gasteiger partial charge is 0.392 e. The van der Waals surface area contributed by atoms with Gasteiger partial charge in [-0.05, 0) is 36.7 Å². The summed E-state index contributed by atoms with van der Waals surface area (Å²) in [6, 6.07) is 15.0. The number of aliphatic hydroxyl groups excluding tert-OH is 1. The van der Waals surface area contributed by atoms with Crippen LogP contribution in [0.4, 0.5) is 0 Å². The Labute approximate surface area is 109 Å². The minimum Gasteiger partial charge on any atom is -0.392 e. The van der Waals surface area contributed by atoms with Gasteiger partial charge in [-0.2, -0.15) is 0 Å². The summed E-state index contributed by atoms with van der Waals surface area (Å²) in [7, 11) is 2.05. The van der Waals surface area contributed by atoms with Gasteiger partial charge in [0.15, 0.2) is 0 Å². The average Bonchev–Trinajstić information content (AvgIpc) is 2.35. The molecule has 0 aromatic heterocycles. The molecule has 0 aliphatic carbocycles. The zero-order valence-corrected chi connectivity index (χ0v) is 11.1. The van der Waals surface area contributed by atoms with Crippen LogP contribution in [-0.4, -0.2) is 36.2 Å². The second kappa shape index (κ2) is 5.98. The molecule has 96 valence electrons. The van der Waals surface area contributed by atoms with E-state index in [4.69, 9.17) is 0 Å². The monoisotopic (exact) mass is 243 g/mol. The van der Waals surface area contributed by atoms with Crippen molar-refractivity contribution >= 4 is 10.8 Å². The molecule has 1 atom stereocenters. The zero-order chi connectivity index (χ0) is 13.0. The van der Waals surface area contributed by atoms with Crippen molar-refractivity contribution in [2.24, 2.45) is 0 Å². The molecule has 0 saturated carbocycles. The van der Waals surface area contributed by atoms with E-state index in [2.05, 4.69) is 54.4 Å². The standard InChI is InChI=1S/C16H21NO/c1-13(18)12-17(2)11-10-15-8-5-7-14-6-3-4-9-16(14)15/h3-9,13,18H,10-12H2,1-2H3/t13-/m0/s1. The number of fused-ring (bicyclic) bond motifs is 1. The van der Waals surface area contributed by atoms with Gasteiger partial charge in [-0.15, -0.1) is 0 Å². The molecule has 2 aromatic rings. The van der Waals surface area contributed by atoms with Crippen molar-refractivity contribution in [2.45, 2.75) is 19.4 Å². The predicted octanol–water partition coefficient (Wildman–Crippen LogP) is 2.69. The number of hydrogen-bond acceptors (Lipinski definition) is 2. The van der Waals surface area contributed by atoms with Crippen molar-refractivity contribution in [3.05, 3.63) is 48.0 Å². The van der Waals surface area contributed by atoms with E-state index < -0.39 is 0 Å². The molecular weight excluding hydrogens is 222 g/mol. The summed E-state index contributed by atoms with van der Waals surface area (Å²) in [6.45, 7) is 3.53. The molecule has 1 N–H and O–H groups in total. The Bertz CT molecular complexity index is 502. The Kier molecular flexibility index (Phi) is 4.34. The number of benzene rings is 2. The predicted molar refractivity (Wildman–Crippen MR) is 76.8 cm³/mol. The molecule has 18 heavy (non-hydrogen) atoms. The van der Waals surface area contributed by atoms with E-state index in [-0.39, 0.29) is 6.10 Å². The van der Waals surface area contributed by atoms with Gasteiger partial charge in [0.05, 0.1) is 6.10 Å². The van der Waals surface area contributed by atoms with Crippen LogP contribution in [0, 0.1) is 0 Å². The van der Waals surface area contributed by atoms with Crippen molar-refractivity contribution in [1.29, 1.82) is 0 Å². The highest BCUT2D eigenvalue weighted by Gasteiger charge is 2.05. The fraction of sp³-hybridized carbons (Fsp3) is 0.375. The molecule has 2 nitrogen and oxygen atoms in total. The Hall–Kier alpha value is -1.38. The summed E-state index contributed by atoms with van der Waals surface area (Å²) in [5.41, 5.74) is 1.38. The van der Waals surface area contributed by atoms with Crippen LogP contribution in [0.5, 0.6) is 0 Å². The van der Waals surface area contributed by atoms with E-state index in [9.17, 15) is 5.11 Å². The minimum absolute atomic E-state index is 0.262. The van der Waals surface area contributed by atoms with Gasteiger partial charge in [-0.1, -0.05) is 42.5 Å². The summed E-state index contributed by atoms with van der Waals surface area (Å²) < 4.78 is 0. The van der Waals surface area contributed by atoms with Crippen molar-refractivity contribution < 1.29 is 5.11 Å². The summed E-state index contributed by atoms with van der Waals surface area (Å²) in [5.74, 6) is 0. The van der Waals surface area contributed by atoms with Crippen LogP contribution < -0.4 is 0 Å². The van der Waals surface area contributed by atoms with Crippen LogP contribution in [0.25, 0.3) is 10.8 Å². The third kappa shape index (κ3) is 3.31. The molecule has 0 aliphatic heterocycles. The van der Waals surface area contributed by atoms with Crippen LogP contribution in [0.3, 0.4) is 0 Å². The molecule has 0 aliphatic rings. The molecule has 0 heterocycles. The second-order valence-corrected chi connectivity index (χ2v) is 5.00. The van der Waals surface area contributed by atoms with E-state index in [1.54, 1.807) is 0 Å². The highest BCUT2D eigenvalue weighted by atomic mass is 16.3. The lowest BCUT2D eigenvalue weighted by molar-refractivity contribution is 0.142. The van der Waals surface area contributed by atoms with E-state index in [1.165, 1.54) is 16.3 Å². The fourth-order valence-corrected chi connectivity index (χ4v) is 2.36. The third-order valence-electron chi connectivity index (χ3n) is 3.22. The normalized spacial score (nSPS) is 13.1. The highest BCUT2D eigenvalue weighted by Crippen LogP contribution is 2.18. The third-order valence-corrected chi connectivity index (χ3v) is 3.22. The van der Waals surface area contributed by atoms with Crippen molar-refractivity contribution in [3.8, 4) is 0 Å². The van der Waals surface area contributed by atoms with Gasteiger partial charge in [-0.25, -0.2) is 0 Å². The molecule has 0 spiro atoms. The van der Waals surface area contributed by atoms with Crippen LogP contribution in [0.2, 0.25) is 0 Å². The van der Waals surface area contributed by atoms with Gasteiger partial charge in [0.25, 0.3) is 0 Å². The van der Waals surface area contributed by atoms with Crippen LogP contribution >= 0.6 is 0 Å². The van der Waals surface area contributed by atoms with Gasteiger partial charge < -0.3 is 10.0 Å². The van der Waals surface area contributed by atoms with Gasteiger partial charge in [0, 0.05) is 13.1 Å². The molecular formula is C16H21NO. The maximum atomic E-state index is 9.35. The minimum atomic E-state index is -0.262. The number of hydrogen-bond donors (Lipinski definition) is 1. The molecule has 0 bridgehead atoms. The zero-order valence-electron chi connectivity index (χ0n) is 11.1. The van der Waals surface area contributed by atoms with Crippen molar-refractivity contribution in [1.82, 2.24) is 4.90 Å². The second-order valence-electron chi connectivity index (χ2n) is 5.00. The number of rotatable bonds is 5. The van der Waals surface area contributed by atoms with Gasteiger partial charge in [-0.3, -0.25) is 0 Å². The molecule has 0 saturated heterocycles. The first-order chi connectivity index (χ1) is 8.66. The van der Waals surface area contributed by atoms with E-state index in [1.807, 2.05) is 6.92 Å². The molecule has 0 fully saturated rings. The number of nitrogens with zero attached hydrogens (tertiary/aromatic N) is 1. The Morgan fingerprint density at radius 3 is 2.61 bits per heavy atom. The maximum absolute atomic E-state index is 9.35. The van der Waals surface area contributed by atoms with Gasteiger partial charge in [0.2, 0.25) is 0 Å². The average molecular weight is 243 g/mol. The Morgan fingerprint density at radius 2 is 1.83 bits per heavy atom. The summed E-state index contributed by atoms with van der Waals surface area (Å²) in [5, 5.41) is 12.0. The van der Waals surface area contributed by atoms with Crippen molar-refractivity contribution in [3.63, 3.8) is 0 Å². The molecule has 0 unspecified atom stereocenters. The molecule has 0 radical (unpaired) electrons. The van der Waals surface area contributed by atoms with Gasteiger partial charge in [0.1, 0.15) is 0 Å². The van der Waals surface area contributed by atoms with Crippen LogP contribution in [0.15, 0.2) is 42.5 Å². The number of likely N-dealkylation sites (N-methyl/N-ethyl adjacent to an activating group) is 1. The lowest BCUT2D eigenvalue weighted by Crippen LogP contribution is -2.29. The topological polar surface area (TPSA) is 23.5 Å². The van der Waals surface area contributed by atoms with E-state index >= 15 is 0 Å². The summed E-state index contributed by atoms with van der Waals surface area (Å²) >= 11 is 0. The Balaban J connectivity index is 2.08. The molecule has 0 amide bonds. The molecule has 2 rings (SSSR count). The first-order valence-corrected chi connectivity index (χ1v) is 6.50. The fourth-order valence-electron chi connectivity index (χ4n) is 2.36. The highest BCUT2D eigenvalue weighted by molar-refractivity contribution is 5.85. The van der Waals surface area contributed by atoms with E-state index in [0.29, 0.717) is 0 Å². The number of aliphatic hydroxyl groups is 1. The quantitative estimate of drug-likeness (QED) is 0.872. The van der Waals surface area contributed by atoms with Crippen LogP contribution in [0.1, 0.15) is 12.5 Å². The smallest absolute Gasteiger partial charge is 0.0638 e. The van der Waals surface area contributed by atoms with E-state index in [0.717, 1.165) is 19.5 Å². The van der Waals surface area contributed by atoms with Crippen LogP contribution in [-0.2, 0) is 6.42 Å². The maximum Gasteiger partial charge on any atom is 0.0638 e. The lowest BCUT2D eigenvalue weighted by atomic mass is 10.0. The Morgan fingerprint density at radius 1 is 1.11 bits per heavy atom. The summed E-state index contributed by atoms with van der Waals surface area (Å²) in [4.78, 5) is 2.17.